The number of hydrogen-bond acceptors (Lipinski definition) is 7. The van der Waals surface area contributed by atoms with Crippen molar-refractivity contribution in [1.29, 1.82) is 0 Å². The van der Waals surface area contributed by atoms with Crippen LogP contribution in [0.2, 0.25) is 0 Å². The third kappa shape index (κ3) is 4.14. The van der Waals surface area contributed by atoms with Crippen molar-refractivity contribution in [3.05, 3.63) is 71.3 Å². The van der Waals surface area contributed by atoms with Gasteiger partial charge in [-0.25, -0.2) is 14.8 Å². The molecule has 4 aromatic rings. The Balaban J connectivity index is 1.45. The van der Waals surface area contributed by atoms with Crippen molar-refractivity contribution in [1.82, 2.24) is 24.3 Å². The average Bonchev–Trinajstić information content (AvgIpc) is 3.43. The van der Waals surface area contributed by atoms with E-state index in [1.807, 2.05) is 43.6 Å². The second kappa shape index (κ2) is 9.05. The van der Waals surface area contributed by atoms with Gasteiger partial charge < -0.3 is 19.9 Å². The Morgan fingerprint density at radius 1 is 1.09 bits per heavy atom. The monoisotopic (exact) mass is 471 g/mol. The van der Waals surface area contributed by atoms with Crippen LogP contribution < -0.4 is 10.6 Å². The van der Waals surface area contributed by atoms with Crippen molar-refractivity contribution in [3.8, 4) is 11.4 Å². The van der Waals surface area contributed by atoms with Crippen LogP contribution in [0.4, 0.5) is 17.3 Å². The van der Waals surface area contributed by atoms with E-state index in [9.17, 15) is 9.59 Å². The summed E-state index contributed by atoms with van der Waals surface area (Å²) in [5, 5.41) is 10.6. The number of carbonyl (C=O) groups is 2. The van der Waals surface area contributed by atoms with E-state index in [0.717, 1.165) is 22.5 Å². The van der Waals surface area contributed by atoms with Gasteiger partial charge in [-0.15, -0.1) is 0 Å². The Kier molecular flexibility index (Phi) is 5.77. The molecule has 35 heavy (non-hydrogen) atoms. The van der Waals surface area contributed by atoms with Gasteiger partial charge in [-0.2, -0.15) is 5.10 Å². The summed E-state index contributed by atoms with van der Waals surface area (Å²) in [5.74, 6) is -0.275. The van der Waals surface area contributed by atoms with Crippen molar-refractivity contribution in [2.75, 3.05) is 17.2 Å². The van der Waals surface area contributed by atoms with Crippen LogP contribution in [0.1, 0.15) is 39.0 Å². The van der Waals surface area contributed by atoms with Gasteiger partial charge >= 0.3 is 5.97 Å². The molecule has 178 valence electrons. The van der Waals surface area contributed by atoms with Crippen LogP contribution in [0.3, 0.4) is 0 Å². The summed E-state index contributed by atoms with van der Waals surface area (Å²) in [6, 6.07) is 10.9. The van der Waals surface area contributed by atoms with Gasteiger partial charge in [0.15, 0.2) is 5.69 Å². The Morgan fingerprint density at radius 2 is 1.89 bits per heavy atom. The quantitative estimate of drug-likeness (QED) is 0.414. The van der Waals surface area contributed by atoms with Crippen LogP contribution >= 0.6 is 0 Å². The van der Waals surface area contributed by atoms with Crippen molar-refractivity contribution in [2.45, 2.75) is 19.8 Å². The van der Waals surface area contributed by atoms with Gasteiger partial charge in [0.2, 0.25) is 5.95 Å². The number of aromatic nitrogens is 5. The van der Waals surface area contributed by atoms with E-state index in [-0.39, 0.29) is 12.5 Å². The molecule has 1 aromatic carbocycles. The number of carbonyl (C=O) groups excluding carboxylic acids is 2. The SMILES string of the molecule is CCOC(=O)c1nn(C)c2c1CCc1cnc(Nc3ccccc3NC(=O)c3cccn3C)nc1-2. The second-order valence-corrected chi connectivity index (χ2v) is 8.22. The Hall–Kier alpha value is -4.47. The molecule has 1 aliphatic carbocycles. The van der Waals surface area contributed by atoms with Crippen LogP contribution in [0.15, 0.2) is 48.8 Å². The first-order chi connectivity index (χ1) is 17.0. The van der Waals surface area contributed by atoms with Gasteiger partial charge in [0.1, 0.15) is 5.69 Å². The molecule has 0 bridgehead atoms. The van der Waals surface area contributed by atoms with Crippen molar-refractivity contribution >= 4 is 29.2 Å². The molecule has 0 fully saturated rings. The zero-order chi connectivity index (χ0) is 24.5. The zero-order valence-electron chi connectivity index (χ0n) is 19.7. The molecule has 3 heterocycles. The number of benzene rings is 1. The molecule has 1 amide bonds. The molecule has 0 radical (unpaired) electrons. The van der Waals surface area contributed by atoms with E-state index in [2.05, 4.69) is 20.7 Å². The lowest BCUT2D eigenvalue weighted by atomic mass is 9.93. The fourth-order valence-corrected chi connectivity index (χ4v) is 4.28. The van der Waals surface area contributed by atoms with Crippen molar-refractivity contribution in [3.63, 3.8) is 0 Å². The third-order valence-electron chi connectivity index (χ3n) is 5.95. The van der Waals surface area contributed by atoms with E-state index in [1.165, 1.54) is 0 Å². The lowest BCUT2D eigenvalue weighted by Gasteiger charge is -2.18. The molecule has 2 N–H and O–H groups in total. The van der Waals surface area contributed by atoms with Crippen molar-refractivity contribution < 1.29 is 14.3 Å². The highest BCUT2D eigenvalue weighted by molar-refractivity contribution is 6.05. The summed E-state index contributed by atoms with van der Waals surface area (Å²) in [4.78, 5) is 34.4. The topological polar surface area (TPSA) is 116 Å². The normalized spacial score (nSPS) is 12.0. The molecule has 3 aromatic heterocycles. The molecular weight excluding hydrogens is 446 g/mol. The van der Waals surface area contributed by atoms with E-state index in [4.69, 9.17) is 9.72 Å². The van der Waals surface area contributed by atoms with Crippen LogP contribution in [-0.2, 0) is 31.7 Å². The zero-order valence-corrected chi connectivity index (χ0v) is 19.7. The lowest BCUT2D eigenvalue weighted by molar-refractivity contribution is 0.0517. The van der Waals surface area contributed by atoms with Gasteiger partial charge in [0.05, 0.1) is 29.4 Å². The number of rotatable bonds is 6. The van der Waals surface area contributed by atoms with E-state index in [1.54, 1.807) is 35.5 Å². The number of nitrogens with zero attached hydrogens (tertiary/aromatic N) is 5. The Morgan fingerprint density at radius 3 is 2.63 bits per heavy atom. The number of amides is 1. The molecule has 0 aliphatic heterocycles. The maximum absolute atomic E-state index is 12.7. The molecule has 1 aliphatic rings. The third-order valence-corrected chi connectivity index (χ3v) is 5.95. The summed E-state index contributed by atoms with van der Waals surface area (Å²) in [6.07, 6.45) is 4.97. The number of anilines is 3. The minimum absolute atomic E-state index is 0.218. The number of fused-ring (bicyclic) bond motifs is 3. The van der Waals surface area contributed by atoms with Gasteiger partial charge in [-0.1, -0.05) is 12.1 Å². The maximum Gasteiger partial charge on any atom is 0.359 e. The van der Waals surface area contributed by atoms with E-state index < -0.39 is 5.97 Å². The van der Waals surface area contributed by atoms with Crippen LogP contribution in [0.25, 0.3) is 11.4 Å². The number of ether oxygens (including phenoxy) is 1. The molecule has 10 heteroatoms. The summed E-state index contributed by atoms with van der Waals surface area (Å²) >= 11 is 0. The first-order valence-electron chi connectivity index (χ1n) is 11.3. The fourth-order valence-electron chi connectivity index (χ4n) is 4.28. The molecule has 0 saturated heterocycles. The highest BCUT2D eigenvalue weighted by Gasteiger charge is 2.29. The highest BCUT2D eigenvalue weighted by atomic mass is 16.5. The van der Waals surface area contributed by atoms with Crippen molar-refractivity contribution in [2.24, 2.45) is 14.1 Å². The molecule has 0 atom stereocenters. The minimum atomic E-state index is -0.428. The summed E-state index contributed by atoms with van der Waals surface area (Å²) < 4.78 is 8.61. The predicted molar refractivity (Wildman–Crippen MR) is 131 cm³/mol. The first kappa shape index (κ1) is 22.3. The Bertz CT molecular complexity index is 1440. The molecule has 0 spiro atoms. The van der Waals surface area contributed by atoms with Crippen LogP contribution in [-0.4, -0.2) is 42.8 Å². The number of esters is 1. The molecule has 0 unspecified atom stereocenters. The van der Waals surface area contributed by atoms with Gasteiger partial charge in [-0.05, 0) is 49.6 Å². The lowest BCUT2D eigenvalue weighted by Crippen LogP contribution is -2.16. The number of nitrogens with one attached hydrogen (secondary N) is 2. The molecule has 10 nitrogen and oxygen atoms in total. The smallest absolute Gasteiger partial charge is 0.359 e. The summed E-state index contributed by atoms with van der Waals surface area (Å²) in [5.41, 5.74) is 5.45. The van der Waals surface area contributed by atoms with Gasteiger partial charge in [0.25, 0.3) is 5.91 Å². The average molecular weight is 472 g/mol. The summed E-state index contributed by atoms with van der Waals surface area (Å²) in [7, 11) is 3.61. The van der Waals surface area contributed by atoms with E-state index >= 15 is 0 Å². The van der Waals surface area contributed by atoms with Crippen LogP contribution in [0.5, 0.6) is 0 Å². The van der Waals surface area contributed by atoms with Crippen LogP contribution in [0, 0.1) is 0 Å². The standard InChI is InChI=1S/C25H25N7O3/c1-4-35-24(34)21-16-12-11-15-14-26-25(29-20(15)22(16)32(3)30-21)28-18-9-6-5-8-17(18)27-23(33)19-10-7-13-31(19)2/h5-10,13-14H,4,11-12H2,1-3H3,(H,27,33)(H,26,28,29). The van der Waals surface area contributed by atoms with Gasteiger partial charge in [0, 0.05) is 32.1 Å². The minimum Gasteiger partial charge on any atom is -0.461 e. The number of hydrogen-bond donors (Lipinski definition) is 2. The Labute approximate surface area is 202 Å². The fraction of sp³-hybridized carbons (Fsp3) is 0.240. The first-order valence-corrected chi connectivity index (χ1v) is 11.3. The largest absolute Gasteiger partial charge is 0.461 e. The second-order valence-electron chi connectivity index (χ2n) is 8.22. The van der Waals surface area contributed by atoms with E-state index in [0.29, 0.717) is 41.6 Å². The molecule has 5 rings (SSSR count). The highest BCUT2D eigenvalue weighted by Crippen LogP contribution is 2.35. The van der Waals surface area contributed by atoms with Gasteiger partial charge in [-0.3, -0.25) is 9.48 Å². The number of aryl methyl sites for hydroxylation is 3. The number of para-hydroxylation sites is 2. The molecular formula is C25H25N7O3. The summed E-state index contributed by atoms with van der Waals surface area (Å²) in [6.45, 7) is 2.06. The maximum atomic E-state index is 12.7. The predicted octanol–water partition coefficient (Wildman–Crippen LogP) is 3.49. The molecule has 0 saturated carbocycles.